The number of rotatable bonds is 0. The third kappa shape index (κ3) is 1.24. The highest BCUT2D eigenvalue weighted by atomic mass is 19.4. The fraction of sp³-hybridized carbons (Fsp3) is 0.429. The molecule has 1 aliphatic carbocycles. The van der Waals surface area contributed by atoms with Crippen molar-refractivity contribution in [3.63, 3.8) is 0 Å². The molecule has 0 radical (unpaired) electrons. The number of hydrogen-bond acceptors (Lipinski definition) is 2. The first-order valence-electron chi connectivity index (χ1n) is 3.82. The lowest BCUT2D eigenvalue weighted by Crippen LogP contribution is -2.16. The number of aromatic nitrogens is 2. The third-order valence-electron chi connectivity index (χ3n) is 2.09. The lowest BCUT2D eigenvalue weighted by molar-refractivity contribution is -0.141. The number of carbonyl (C=O) groups is 1. The van der Waals surface area contributed by atoms with E-state index in [0.717, 1.165) is 0 Å². The first-order chi connectivity index (χ1) is 6.84. The second kappa shape index (κ2) is 2.77. The van der Waals surface area contributed by atoms with Crippen LogP contribution in [-0.2, 0) is 6.18 Å². The van der Waals surface area contributed by atoms with E-state index in [-0.39, 0.29) is 0 Å². The molecule has 0 spiro atoms. The van der Waals surface area contributed by atoms with E-state index in [2.05, 4.69) is 5.10 Å². The van der Waals surface area contributed by atoms with Gasteiger partial charge in [0.15, 0.2) is 18.0 Å². The Morgan fingerprint density at radius 1 is 1.20 bits per heavy atom. The van der Waals surface area contributed by atoms with Crippen LogP contribution < -0.4 is 0 Å². The van der Waals surface area contributed by atoms with Crippen molar-refractivity contribution in [1.82, 2.24) is 10.2 Å². The molecule has 0 amide bonds. The first kappa shape index (κ1) is 10.1. The van der Waals surface area contributed by atoms with Gasteiger partial charge in [0.05, 0.1) is 11.3 Å². The van der Waals surface area contributed by atoms with Crippen molar-refractivity contribution >= 4 is 5.78 Å². The first-order valence-corrected chi connectivity index (χ1v) is 3.82. The van der Waals surface area contributed by atoms with Gasteiger partial charge in [-0.1, -0.05) is 0 Å². The van der Waals surface area contributed by atoms with E-state index < -0.39 is 41.3 Å². The molecule has 2 atom stereocenters. The summed E-state index contributed by atoms with van der Waals surface area (Å²) in [6, 6.07) is 0. The highest BCUT2D eigenvalue weighted by molar-refractivity contribution is 6.05. The zero-order chi connectivity index (χ0) is 11.4. The summed E-state index contributed by atoms with van der Waals surface area (Å²) < 4.78 is 62.4. The molecule has 2 rings (SSSR count). The Hall–Kier alpha value is -1.47. The van der Waals surface area contributed by atoms with Crippen LogP contribution in [0.4, 0.5) is 22.0 Å². The van der Waals surface area contributed by atoms with E-state index in [0.29, 0.717) is 0 Å². The topological polar surface area (TPSA) is 45.8 Å². The van der Waals surface area contributed by atoms with Gasteiger partial charge >= 0.3 is 6.18 Å². The fourth-order valence-electron chi connectivity index (χ4n) is 1.43. The number of H-pyrrole nitrogens is 1. The van der Waals surface area contributed by atoms with Crippen molar-refractivity contribution in [2.24, 2.45) is 0 Å². The van der Waals surface area contributed by atoms with Crippen molar-refractivity contribution in [3.05, 3.63) is 17.0 Å². The number of ketones is 1. The number of carbonyl (C=O) groups excluding carboxylic acids is 1. The predicted molar refractivity (Wildman–Crippen MR) is 36.7 cm³/mol. The van der Waals surface area contributed by atoms with E-state index in [1.807, 2.05) is 0 Å². The molecule has 0 aromatic carbocycles. The minimum Gasteiger partial charge on any atom is -0.291 e. The largest absolute Gasteiger partial charge is 0.435 e. The van der Waals surface area contributed by atoms with Crippen LogP contribution in [-0.4, -0.2) is 22.2 Å². The third-order valence-corrected chi connectivity index (χ3v) is 2.09. The number of Topliss-reactive ketones (excluding diaryl/α,β-unsaturated/α-hetero) is 1. The molecule has 1 N–H and O–H groups in total. The number of nitrogens with one attached hydrogen (secondary N) is 1. The predicted octanol–water partition coefficient (Wildman–Crippen LogP) is 1.97. The van der Waals surface area contributed by atoms with Crippen molar-refractivity contribution in [2.45, 2.75) is 18.5 Å². The van der Waals surface area contributed by atoms with Gasteiger partial charge in [-0.05, 0) is 0 Å². The van der Waals surface area contributed by atoms with Crippen LogP contribution in [0, 0.1) is 0 Å². The number of fused-ring (bicyclic) bond motifs is 1. The number of halogens is 5. The summed E-state index contributed by atoms with van der Waals surface area (Å²) >= 11 is 0. The van der Waals surface area contributed by atoms with Gasteiger partial charge in [0.1, 0.15) is 0 Å². The van der Waals surface area contributed by atoms with Crippen LogP contribution in [0.3, 0.4) is 0 Å². The maximum atomic E-state index is 12.9. The van der Waals surface area contributed by atoms with Gasteiger partial charge in [-0.15, -0.1) is 0 Å². The minimum absolute atomic E-state index is 0.736. The number of nitrogens with zero attached hydrogens (tertiary/aromatic N) is 1. The van der Waals surface area contributed by atoms with Gasteiger partial charge in [-0.2, -0.15) is 18.3 Å². The van der Waals surface area contributed by atoms with E-state index in [4.69, 9.17) is 0 Å². The molecule has 15 heavy (non-hydrogen) atoms. The molecule has 0 bridgehead atoms. The fourth-order valence-corrected chi connectivity index (χ4v) is 1.43. The Balaban J connectivity index is 2.59. The Kier molecular flexibility index (Phi) is 1.86. The van der Waals surface area contributed by atoms with Gasteiger partial charge in [0, 0.05) is 0 Å². The maximum absolute atomic E-state index is 12.9. The van der Waals surface area contributed by atoms with Crippen LogP contribution in [0.1, 0.15) is 27.9 Å². The molecule has 0 fully saturated rings. The summed E-state index contributed by atoms with van der Waals surface area (Å²) in [7, 11) is 0. The normalized spacial score (nSPS) is 25.8. The van der Waals surface area contributed by atoms with Crippen molar-refractivity contribution in [3.8, 4) is 0 Å². The van der Waals surface area contributed by atoms with Gasteiger partial charge in [0.2, 0.25) is 5.78 Å². The van der Waals surface area contributed by atoms with Crippen molar-refractivity contribution in [1.29, 1.82) is 0 Å². The quantitative estimate of drug-likeness (QED) is 0.687. The molecule has 1 aliphatic rings. The minimum atomic E-state index is -4.90. The second-order valence-corrected chi connectivity index (χ2v) is 3.03. The van der Waals surface area contributed by atoms with Crippen LogP contribution in [0.25, 0.3) is 0 Å². The molecular formula is C7H3F5N2O. The van der Waals surface area contributed by atoms with Gasteiger partial charge in [-0.3, -0.25) is 9.89 Å². The van der Waals surface area contributed by atoms with Gasteiger partial charge in [0.25, 0.3) is 0 Å². The summed E-state index contributed by atoms with van der Waals surface area (Å²) in [5.41, 5.74) is -3.33. The van der Waals surface area contributed by atoms with Crippen LogP contribution in [0.15, 0.2) is 0 Å². The summed E-state index contributed by atoms with van der Waals surface area (Å²) in [5.74, 6) is -1.52. The second-order valence-electron chi connectivity index (χ2n) is 3.03. The summed E-state index contributed by atoms with van der Waals surface area (Å²) in [6.45, 7) is 0. The zero-order valence-corrected chi connectivity index (χ0v) is 6.90. The van der Waals surface area contributed by atoms with E-state index in [1.165, 1.54) is 0 Å². The molecule has 82 valence electrons. The molecular weight excluding hydrogens is 223 g/mol. The Morgan fingerprint density at radius 2 is 1.80 bits per heavy atom. The average molecular weight is 226 g/mol. The molecule has 1 heterocycles. The van der Waals surface area contributed by atoms with Crippen LogP contribution in [0.2, 0.25) is 0 Å². The molecule has 3 nitrogen and oxygen atoms in total. The highest BCUT2D eigenvalue weighted by Gasteiger charge is 2.50. The molecule has 8 heteroatoms. The zero-order valence-electron chi connectivity index (χ0n) is 6.90. The molecule has 1 aromatic rings. The Bertz CT molecular complexity index is 424. The van der Waals surface area contributed by atoms with Crippen molar-refractivity contribution in [2.75, 3.05) is 0 Å². The van der Waals surface area contributed by atoms with E-state index >= 15 is 0 Å². The van der Waals surface area contributed by atoms with Crippen molar-refractivity contribution < 1.29 is 26.7 Å². The van der Waals surface area contributed by atoms with Crippen LogP contribution in [0.5, 0.6) is 0 Å². The lowest BCUT2D eigenvalue weighted by Gasteiger charge is -2.03. The van der Waals surface area contributed by atoms with Gasteiger partial charge in [-0.25, -0.2) is 8.78 Å². The Morgan fingerprint density at radius 3 is 2.33 bits per heavy atom. The molecule has 0 saturated carbocycles. The van der Waals surface area contributed by atoms with E-state index in [1.54, 1.807) is 5.10 Å². The molecule has 0 aliphatic heterocycles. The van der Waals surface area contributed by atoms with Crippen LogP contribution >= 0.6 is 0 Å². The monoisotopic (exact) mass is 226 g/mol. The number of hydrogen-bond donors (Lipinski definition) is 1. The van der Waals surface area contributed by atoms with Gasteiger partial charge < -0.3 is 0 Å². The summed E-state index contributed by atoms with van der Waals surface area (Å²) in [4.78, 5) is 11.0. The van der Waals surface area contributed by atoms with E-state index in [9.17, 15) is 26.7 Å². The molecule has 1 aromatic heterocycles. The Labute approximate surface area is 79.3 Å². The maximum Gasteiger partial charge on any atom is 0.435 e. The number of alkyl halides is 5. The smallest absolute Gasteiger partial charge is 0.291 e. The number of aromatic amines is 1. The summed E-state index contributed by atoms with van der Waals surface area (Å²) in [5, 5.41) is 4.46. The SMILES string of the molecule is O=C1c2c(C(F)(F)F)n[nH]c2[C@H](F)[C@@H]1F. The lowest BCUT2D eigenvalue weighted by atomic mass is 10.2. The highest BCUT2D eigenvalue weighted by Crippen LogP contribution is 2.41. The summed E-state index contributed by atoms with van der Waals surface area (Å²) in [6.07, 6.45) is -9.87. The molecule has 0 unspecified atom stereocenters. The standard InChI is InChI=1S/C7H3F5N2O/c8-2-3(9)5(15)1-4(2)13-14-6(1)7(10,11)12/h2-3H,(H,13,14)/t2-,3+/m1/s1. The average Bonchev–Trinajstić information content (AvgIpc) is 2.63. The molecule has 0 saturated heterocycles.